The number of rotatable bonds is 4. The minimum absolute atomic E-state index is 0.278. The molecular formula is C15H21IO. The average molecular weight is 344 g/mol. The van der Waals surface area contributed by atoms with Crippen LogP contribution in [0, 0.1) is 0 Å². The van der Waals surface area contributed by atoms with Crippen LogP contribution in [0.1, 0.15) is 50.2 Å². The lowest BCUT2D eigenvalue weighted by Gasteiger charge is -2.23. The second-order valence-electron chi connectivity index (χ2n) is 4.80. The molecular weight excluding hydrogens is 323 g/mol. The SMILES string of the molecule is ICC(OC1CCCCCC1)c1ccccc1. The fourth-order valence-corrected chi connectivity index (χ4v) is 3.20. The molecule has 0 radical (unpaired) electrons. The zero-order valence-corrected chi connectivity index (χ0v) is 12.4. The lowest BCUT2D eigenvalue weighted by molar-refractivity contribution is -0.00705. The molecule has 1 aliphatic rings. The van der Waals surface area contributed by atoms with Crippen LogP contribution in [0.4, 0.5) is 0 Å². The van der Waals surface area contributed by atoms with Crippen LogP contribution in [0.25, 0.3) is 0 Å². The van der Waals surface area contributed by atoms with Crippen LogP contribution in [0.5, 0.6) is 0 Å². The topological polar surface area (TPSA) is 9.23 Å². The molecule has 1 unspecified atom stereocenters. The van der Waals surface area contributed by atoms with Gasteiger partial charge in [0.25, 0.3) is 0 Å². The molecule has 1 aromatic rings. The minimum Gasteiger partial charge on any atom is -0.369 e. The number of hydrogen-bond acceptors (Lipinski definition) is 1. The fraction of sp³-hybridized carbons (Fsp3) is 0.600. The Bertz CT molecular complexity index is 304. The van der Waals surface area contributed by atoms with Gasteiger partial charge in [0, 0.05) is 4.43 Å². The summed E-state index contributed by atoms with van der Waals surface area (Å²) in [5, 5.41) is 0. The van der Waals surface area contributed by atoms with Crippen molar-refractivity contribution in [2.75, 3.05) is 4.43 Å². The molecule has 1 aromatic carbocycles. The first-order valence-electron chi connectivity index (χ1n) is 6.66. The molecule has 1 aliphatic carbocycles. The number of ether oxygens (including phenoxy) is 1. The molecule has 0 heterocycles. The van der Waals surface area contributed by atoms with E-state index in [1.54, 1.807) is 0 Å². The van der Waals surface area contributed by atoms with Crippen molar-refractivity contribution in [3.63, 3.8) is 0 Å². The van der Waals surface area contributed by atoms with Gasteiger partial charge in [-0.2, -0.15) is 0 Å². The molecule has 0 bridgehead atoms. The van der Waals surface area contributed by atoms with Gasteiger partial charge in [0.05, 0.1) is 12.2 Å². The monoisotopic (exact) mass is 344 g/mol. The van der Waals surface area contributed by atoms with Crippen molar-refractivity contribution < 1.29 is 4.74 Å². The van der Waals surface area contributed by atoms with Crippen molar-refractivity contribution in [1.29, 1.82) is 0 Å². The molecule has 94 valence electrons. The summed E-state index contributed by atoms with van der Waals surface area (Å²) in [5.74, 6) is 0. The quantitative estimate of drug-likeness (QED) is 0.429. The maximum atomic E-state index is 6.30. The highest BCUT2D eigenvalue weighted by atomic mass is 127. The third-order valence-electron chi connectivity index (χ3n) is 3.47. The van der Waals surface area contributed by atoms with Gasteiger partial charge >= 0.3 is 0 Å². The van der Waals surface area contributed by atoms with Gasteiger partial charge in [0.2, 0.25) is 0 Å². The highest BCUT2D eigenvalue weighted by Crippen LogP contribution is 2.27. The van der Waals surface area contributed by atoms with Crippen LogP contribution in [0.2, 0.25) is 0 Å². The van der Waals surface area contributed by atoms with Crippen LogP contribution >= 0.6 is 22.6 Å². The molecule has 0 saturated heterocycles. The summed E-state index contributed by atoms with van der Waals surface area (Å²) in [7, 11) is 0. The van der Waals surface area contributed by atoms with Gasteiger partial charge in [-0.15, -0.1) is 0 Å². The zero-order valence-electron chi connectivity index (χ0n) is 10.3. The first kappa shape index (κ1) is 13.3. The van der Waals surface area contributed by atoms with Gasteiger partial charge in [-0.05, 0) is 18.4 Å². The van der Waals surface area contributed by atoms with Crippen molar-refractivity contribution in [3.8, 4) is 0 Å². The Labute approximate surface area is 118 Å². The second kappa shape index (κ2) is 7.37. The van der Waals surface area contributed by atoms with Crippen LogP contribution < -0.4 is 0 Å². The maximum Gasteiger partial charge on any atom is 0.0918 e. The van der Waals surface area contributed by atoms with Crippen molar-refractivity contribution in [3.05, 3.63) is 35.9 Å². The smallest absolute Gasteiger partial charge is 0.0918 e. The Morgan fingerprint density at radius 3 is 2.29 bits per heavy atom. The van der Waals surface area contributed by atoms with E-state index in [1.807, 2.05) is 0 Å². The molecule has 0 aromatic heterocycles. The Morgan fingerprint density at radius 2 is 1.71 bits per heavy atom. The van der Waals surface area contributed by atoms with Gasteiger partial charge in [0.15, 0.2) is 0 Å². The van der Waals surface area contributed by atoms with E-state index in [0.29, 0.717) is 6.10 Å². The summed E-state index contributed by atoms with van der Waals surface area (Å²) >= 11 is 2.43. The standard InChI is InChI=1S/C15H21IO/c16-12-15(13-8-4-3-5-9-13)17-14-10-6-1-2-7-11-14/h3-5,8-9,14-15H,1-2,6-7,10-12H2. The van der Waals surface area contributed by atoms with Gasteiger partial charge in [-0.25, -0.2) is 0 Å². The van der Waals surface area contributed by atoms with Crippen LogP contribution in [-0.4, -0.2) is 10.5 Å². The van der Waals surface area contributed by atoms with E-state index in [1.165, 1.54) is 44.1 Å². The summed E-state index contributed by atoms with van der Waals surface area (Å²) < 4.78 is 7.34. The van der Waals surface area contributed by atoms with Crippen molar-refractivity contribution in [2.45, 2.75) is 50.7 Å². The van der Waals surface area contributed by atoms with Gasteiger partial charge in [-0.1, -0.05) is 78.6 Å². The Morgan fingerprint density at radius 1 is 1.06 bits per heavy atom. The first-order chi connectivity index (χ1) is 8.40. The largest absolute Gasteiger partial charge is 0.369 e. The molecule has 2 heteroatoms. The summed E-state index contributed by atoms with van der Waals surface area (Å²) in [6, 6.07) is 10.6. The zero-order chi connectivity index (χ0) is 11.9. The highest BCUT2D eigenvalue weighted by Gasteiger charge is 2.18. The van der Waals surface area contributed by atoms with Gasteiger partial charge in [-0.3, -0.25) is 0 Å². The van der Waals surface area contributed by atoms with E-state index < -0.39 is 0 Å². The van der Waals surface area contributed by atoms with Crippen LogP contribution in [-0.2, 0) is 4.74 Å². The summed E-state index contributed by atoms with van der Waals surface area (Å²) in [4.78, 5) is 0. The normalized spacial score (nSPS) is 19.8. The minimum atomic E-state index is 0.278. The first-order valence-corrected chi connectivity index (χ1v) is 8.19. The van der Waals surface area contributed by atoms with E-state index in [2.05, 4.69) is 52.9 Å². The average Bonchev–Trinajstić information content (AvgIpc) is 2.65. The summed E-state index contributed by atoms with van der Waals surface area (Å²) in [6.07, 6.45) is 8.72. The number of hydrogen-bond donors (Lipinski definition) is 0. The molecule has 0 aliphatic heterocycles. The molecule has 1 atom stereocenters. The van der Waals surface area contributed by atoms with E-state index in [0.717, 1.165) is 4.43 Å². The molecule has 0 N–H and O–H groups in total. The third kappa shape index (κ3) is 4.25. The summed E-state index contributed by atoms with van der Waals surface area (Å²) in [6.45, 7) is 0. The number of benzene rings is 1. The van der Waals surface area contributed by atoms with Crippen molar-refractivity contribution >= 4 is 22.6 Å². The van der Waals surface area contributed by atoms with Crippen LogP contribution in [0.15, 0.2) is 30.3 Å². The van der Waals surface area contributed by atoms with E-state index >= 15 is 0 Å². The Kier molecular flexibility index (Phi) is 5.78. The van der Waals surface area contributed by atoms with E-state index in [4.69, 9.17) is 4.74 Å². The van der Waals surface area contributed by atoms with Crippen molar-refractivity contribution in [1.82, 2.24) is 0 Å². The molecule has 17 heavy (non-hydrogen) atoms. The molecule has 0 amide bonds. The maximum absolute atomic E-state index is 6.30. The Balaban J connectivity index is 1.94. The molecule has 1 nitrogen and oxygen atoms in total. The molecule has 1 saturated carbocycles. The predicted molar refractivity (Wildman–Crippen MR) is 80.6 cm³/mol. The molecule has 0 spiro atoms. The number of halogens is 1. The molecule has 2 rings (SSSR count). The van der Waals surface area contributed by atoms with Crippen molar-refractivity contribution in [2.24, 2.45) is 0 Å². The molecule has 1 fully saturated rings. The van der Waals surface area contributed by atoms with Crippen LogP contribution in [0.3, 0.4) is 0 Å². The predicted octanol–water partition coefficient (Wildman–Crippen LogP) is 4.90. The van der Waals surface area contributed by atoms with E-state index in [9.17, 15) is 0 Å². The number of alkyl halides is 1. The third-order valence-corrected chi connectivity index (χ3v) is 4.27. The van der Waals surface area contributed by atoms with Gasteiger partial charge < -0.3 is 4.74 Å². The lowest BCUT2D eigenvalue weighted by Crippen LogP contribution is -2.17. The van der Waals surface area contributed by atoms with Gasteiger partial charge in [0.1, 0.15) is 0 Å². The Hall–Kier alpha value is -0.0900. The lowest BCUT2D eigenvalue weighted by atomic mass is 10.1. The summed E-state index contributed by atoms with van der Waals surface area (Å²) in [5.41, 5.74) is 1.33. The fourth-order valence-electron chi connectivity index (χ4n) is 2.48. The second-order valence-corrected chi connectivity index (χ2v) is 5.68. The van der Waals surface area contributed by atoms with E-state index in [-0.39, 0.29) is 6.10 Å². The highest BCUT2D eigenvalue weighted by molar-refractivity contribution is 14.1.